The molecule has 4 rings (SSSR count). The summed E-state index contributed by atoms with van der Waals surface area (Å²) in [5.41, 5.74) is 0.933. The average Bonchev–Trinajstić information content (AvgIpc) is 3.21. The van der Waals surface area contributed by atoms with E-state index in [1.54, 1.807) is 45.0 Å². The van der Waals surface area contributed by atoms with Gasteiger partial charge in [-0.05, 0) is 63.1 Å². The van der Waals surface area contributed by atoms with Crippen molar-refractivity contribution < 1.29 is 23.4 Å². The number of ether oxygens (including phenoxy) is 3. The molecular formula is C30H32ClFN2O5S. The van der Waals surface area contributed by atoms with Crippen molar-refractivity contribution in [2.75, 3.05) is 13.7 Å². The van der Waals surface area contributed by atoms with Crippen molar-refractivity contribution in [1.29, 1.82) is 0 Å². The van der Waals surface area contributed by atoms with E-state index in [-0.39, 0.29) is 26.8 Å². The Bertz CT molecular complexity index is 1610. The average molecular weight is 587 g/mol. The minimum Gasteiger partial charge on any atom is -0.493 e. The monoisotopic (exact) mass is 586 g/mol. The Morgan fingerprint density at radius 2 is 2.00 bits per heavy atom. The zero-order valence-corrected chi connectivity index (χ0v) is 24.7. The molecular weight excluding hydrogens is 555 g/mol. The number of halogens is 2. The SMILES string of the molecule is CCCCCOc1ccc(C2C(C(=O)OC(C)C)=C(C)N=c3s/c(=C\c4c(F)cccc4Cl)c(=O)n32)cc1OC. The van der Waals surface area contributed by atoms with Gasteiger partial charge in [-0.25, -0.2) is 14.2 Å². The Kier molecular flexibility index (Phi) is 9.48. The van der Waals surface area contributed by atoms with Crippen LogP contribution in [0, 0.1) is 5.82 Å². The van der Waals surface area contributed by atoms with Gasteiger partial charge in [0.15, 0.2) is 16.3 Å². The largest absolute Gasteiger partial charge is 0.493 e. The highest BCUT2D eigenvalue weighted by molar-refractivity contribution is 7.07. The molecule has 7 nitrogen and oxygen atoms in total. The Labute approximate surface area is 241 Å². The van der Waals surface area contributed by atoms with Crippen LogP contribution in [0.5, 0.6) is 11.5 Å². The molecule has 10 heteroatoms. The standard InChI is InChI=1S/C30H32ClFN2O5S/c1-6-7-8-14-38-23-13-12-19(15-24(23)37-5)27-26(29(36)39-17(2)3)18(4)33-30-34(27)28(35)25(40-30)16-20-21(31)10-9-11-22(20)32/h9-13,15-17,27H,6-8,14H2,1-5H3/b25-16-. The van der Waals surface area contributed by atoms with E-state index in [2.05, 4.69) is 11.9 Å². The first kappa shape index (κ1) is 29.6. The normalized spacial score (nSPS) is 15.2. The summed E-state index contributed by atoms with van der Waals surface area (Å²) in [6.45, 7) is 7.88. The lowest BCUT2D eigenvalue weighted by molar-refractivity contribution is -0.143. The zero-order valence-electron chi connectivity index (χ0n) is 23.1. The number of carbonyl (C=O) groups excluding carboxylic acids is 1. The van der Waals surface area contributed by atoms with Crippen molar-refractivity contribution >= 4 is 35.0 Å². The summed E-state index contributed by atoms with van der Waals surface area (Å²) in [5, 5.41) is 0.180. The fourth-order valence-corrected chi connectivity index (χ4v) is 5.71. The van der Waals surface area contributed by atoms with E-state index in [4.69, 9.17) is 25.8 Å². The highest BCUT2D eigenvalue weighted by Gasteiger charge is 2.34. The first-order chi connectivity index (χ1) is 19.2. The first-order valence-corrected chi connectivity index (χ1v) is 14.3. The lowest BCUT2D eigenvalue weighted by atomic mass is 9.95. The van der Waals surface area contributed by atoms with Crippen LogP contribution in [-0.4, -0.2) is 30.4 Å². The third-order valence-corrected chi connectivity index (χ3v) is 7.68. The Morgan fingerprint density at radius 3 is 2.67 bits per heavy atom. The van der Waals surface area contributed by atoms with Crippen LogP contribution in [0.25, 0.3) is 6.08 Å². The van der Waals surface area contributed by atoms with Crippen molar-refractivity contribution in [2.45, 2.75) is 59.1 Å². The van der Waals surface area contributed by atoms with Gasteiger partial charge in [-0.3, -0.25) is 9.36 Å². The van der Waals surface area contributed by atoms with Gasteiger partial charge in [0.05, 0.1) is 46.7 Å². The molecule has 2 heterocycles. The van der Waals surface area contributed by atoms with Gasteiger partial charge >= 0.3 is 5.97 Å². The van der Waals surface area contributed by atoms with Gasteiger partial charge in [-0.1, -0.05) is 54.8 Å². The molecule has 0 saturated carbocycles. The number of carbonyl (C=O) groups is 1. The van der Waals surface area contributed by atoms with Crippen molar-refractivity contribution in [3.8, 4) is 11.5 Å². The second kappa shape index (κ2) is 12.8. The summed E-state index contributed by atoms with van der Waals surface area (Å²) in [6.07, 6.45) is 4.08. The van der Waals surface area contributed by atoms with E-state index >= 15 is 0 Å². The minimum absolute atomic E-state index is 0.104. The predicted molar refractivity (Wildman–Crippen MR) is 154 cm³/mol. The number of hydrogen-bond donors (Lipinski definition) is 0. The lowest BCUT2D eigenvalue weighted by Gasteiger charge is -2.26. The van der Waals surface area contributed by atoms with E-state index in [1.807, 2.05) is 0 Å². The Hall–Kier alpha value is -3.43. The molecule has 1 atom stereocenters. The summed E-state index contributed by atoms with van der Waals surface area (Å²) in [7, 11) is 1.54. The number of thiazole rings is 1. The van der Waals surface area contributed by atoms with Crippen LogP contribution in [0.4, 0.5) is 4.39 Å². The van der Waals surface area contributed by atoms with E-state index in [1.165, 1.54) is 29.9 Å². The number of benzene rings is 2. The molecule has 1 aliphatic rings. The van der Waals surface area contributed by atoms with E-state index in [0.29, 0.717) is 34.2 Å². The minimum atomic E-state index is -0.858. The van der Waals surface area contributed by atoms with Gasteiger partial charge < -0.3 is 14.2 Å². The summed E-state index contributed by atoms with van der Waals surface area (Å²) < 4.78 is 33.3. The second-order valence-corrected chi connectivity index (χ2v) is 11.1. The quantitative estimate of drug-likeness (QED) is 0.230. The number of esters is 1. The molecule has 0 spiro atoms. The van der Waals surface area contributed by atoms with Crippen LogP contribution in [0.2, 0.25) is 5.02 Å². The number of rotatable bonds is 10. The fourth-order valence-electron chi connectivity index (χ4n) is 4.46. The van der Waals surface area contributed by atoms with Gasteiger partial charge in [0.1, 0.15) is 5.82 Å². The molecule has 0 radical (unpaired) electrons. The summed E-state index contributed by atoms with van der Waals surface area (Å²) in [4.78, 5) is 32.1. The molecule has 1 aliphatic heterocycles. The molecule has 3 aromatic rings. The molecule has 0 aliphatic carbocycles. The third-order valence-electron chi connectivity index (χ3n) is 6.37. The smallest absolute Gasteiger partial charge is 0.338 e. The number of aromatic nitrogens is 1. The molecule has 0 bridgehead atoms. The Morgan fingerprint density at radius 1 is 1.23 bits per heavy atom. The van der Waals surface area contributed by atoms with Crippen molar-refractivity contribution in [2.24, 2.45) is 4.99 Å². The summed E-state index contributed by atoms with van der Waals surface area (Å²) in [6, 6.07) is 8.80. The van der Waals surface area contributed by atoms with Crippen LogP contribution in [0.15, 0.2) is 57.5 Å². The van der Waals surface area contributed by atoms with Gasteiger partial charge in [0.25, 0.3) is 5.56 Å². The molecule has 0 amide bonds. The third kappa shape index (κ3) is 6.15. The molecule has 1 aromatic heterocycles. The molecule has 0 fully saturated rings. The maximum Gasteiger partial charge on any atom is 0.338 e. The first-order valence-electron chi connectivity index (χ1n) is 13.1. The maximum atomic E-state index is 14.6. The fraction of sp³-hybridized carbons (Fsp3) is 0.367. The number of methoxy groups -OCH3 is 1. The van der Waals surface area contributed by atoms with Crippen molar-refractivity contribution in [3.05, 3.63) is 89.3 Å². The van der Waals surface area contributed by atoms with E-state index in [0.717, 1.165) is 30.6 Å². The molecule has 212 valence electrons. The highest BCUT2D eigenvalue weighted by atomic mass is 35.5. The van der Waals surface area contributed by atoms with Gasteiger partial charge in [0.2, 0.25) is 0 Å². The molecule has 0 N–H and O–H groups in total. The second-order valence-electron chi connectivity index (χ2n) is 9.64. The lowest BCUT2D eigenvalue weighted by Crippen LogP contribution is -2.40. The van der Waals surface area contributed by atoms with Gasteiger partial charge in [-0.15, -0.1) is 0 Å². The number of nitrogens with zero attached hydrogens (tertiary/aromatic N) is 2. The maximum absolute atomic E-state index is 14.6. The van der Waals surface area contributed by atoms with Gasteiger partial charge in [-0.2, -0.15) is 0 Å². The van der Waals surface area contributed by atoms with E-state index in [9.17, 15) is 14.0 Å². The molecule has 0 saturated heterocycles. The van der Waals surface area contributed by atoms with E-state index < -0.39 is 23.4 Å². The van der Waals surface area contributed by atoms with Crippen LogP contribution >= 0.6 is 22.9 Å². The number of allylic oxidation sites excluding steroid dienone is 1. The topological polar surface area (TPSA) is 79.1 Å². The number of hydrogen-bond acceptors (Lipinski definition) is 7. The van der Waals surface area contributed by atoms with Crippen molar-refractivity contribution in [1.82, 2.24) is 4.57 Å². The van der Waals surface area contributed by atoms with Crippen LogP contribution in [-0.2, 0) is 9.53 Å². The number of unbranched alkanes of at least 4 members (excludes halogenated alkanes) is 2. The van der Waals surface area contributed by atoms with Gasteiger partial charge in [0, 0.05) is 5.56 Å². The molecule has 2 aromatic carbocycles. The van der Waals surface area contributed by atoms with Crippen LogP contribution < -0.4 is 24.4 Å². The van der Waals surface area contributed by atoms with Crippen molar-refractivity contribution in [3.63, 3.8) is 0 Å². The van der Waals surface area contributed by atoms with Crippen LogP contribution in [0.1, 0.15) is 64.1 Å². The molecule has 1 unspecified atom stereocenters. The van der Waals surface area contributed by atoms with Crippen LogP contribution in [0.3, 0.4) is 0 Å². The Balaban J connectivity index is 1.89. The highest BCUT2D eigenvalue weighted by Crippen LogP contribution is 2.36. The summed E-state index contributed by atoms with van der Waals surface area (Å²) in [5.74, 6) is -0.0884. The predicted octanol–water partition coefficient (Wildman–Crippen LogP) is 5.56. The summed E-state index contributed by atoms with van der Waals surface area (Å²) >= 11 is 7.32. The molecule has 40 heavy (non-hydrogen) atoms. The number of fused-ring (bicyclic) bond motifs is 1. The zero-order chi connectivity index (χ0) is 29.0.